The van der Waals surface area contributed by atoms with Crippen LogP contribution in [-0.4, -0.2) is 32.1 Å². The summed E-state index contributed by atoms with van der Waals surface area (Å²) in [5.74, 6) is -1.54. The summed E-state index contributed by atoms with van der Waals surface area (Å²) < 4.78 is 32.8. The lowest BCUT2D eigenvalue weighted by Crippen LogP contribution is -2.37. The highest BCUT2D eigenvalue weighted by Gasteiger charge is 2.27. The highest BCUT2D eigenvalue weighted by Crippen LogP contribution is 2.33. The zero-order chi connectivity index (χ0) is 21.3. The number of amides is 1. The van der Waals surface area contributed by atoms with Gasteiger partial charge in [0.25, 0.3) is 5.91 Å². The van der Waals surface area contributed by atoms with Crippen molar-refractivity contribution in [2.45, 2.75) is 12.8 Å². The Labute approximate surface area is 172 Å². The summed E-state index contributed by atoms with van der Waals surface area (Å²) in [4.78, 5) is 25.7. The van der Waals surface area contributed by atoms with E-state index < -0.39 is 11.6 Å². The van der Waals surface area contributed by atoms with E-state index in [4.69, 9.17) is 4.74 Å². The predicted octanol–water partition coefficient (Wildman–Crippen LogP) is 3.76. The number of fused-ring (bicyclic) bond motifs is 1. The molecule has 1 amide bonds. The fraction of sp³-hybridized carbons (Fsp3) is 0.273. The van der Waals surface area contributed by atoms with Crippen molar-refractivity contribution in [3.63, 3.8) is 0 Å². The van der Waals surface area contributed by atoms with E-state index in [9.17, 15) is 18.4 Å². The highest BCUT2D eigenvalue weighted by atomic mass is 19.1. The van der Waals surface area contributed by atoms with E-state index >= 15 is 0 Å². The molecule has 1 fully saturated rings. The number of methoxy groups -OCH3 is 1. The first-order valence-corrected chi connectivity index (χ1v) is 9.66. The van der Waals surface area contributed by atoms with E-state index in [0.717, 1.165) is 0 Å². The molecule has 2 N–H and O–H groups in total. The number of benzene rings is 2. The SMILES string of the molecule is COC(=O)C1CCN(c2ccc(N/C=C3\C(=O)Nc4cc(F)ccc43)cc2F)CC1. The molecule has 0 radical (unpaired) electrons. The minimum Gasteiger partial charge on any atom is -0.469 e. The van der Waals surface area contributed by atoms with E-state index in [1.165, 1.54) is 37.6 Å². The van der Waals surface area contributed by atoms with E-state index in [2.05, 4.69) is 10.6 Å². The maximum absolute atomic E-state index is 14.7. The number of hydrogen-bond donors (Lipinski definition) is 2. The lowest BCUT2D eigenvalue weighted by atomic mass is 9.96. The molecule has 4 rings (SSSR count). The van der Waals surface area contributed by atoms with Crippen LogP contribution >= 0.6 is 0 Å². The van der Waals surface area contributed by atoms with Crippen LogP contribution < -0.4 is 15.5 Å². The Balaban J connectivity index is 1.45. The Morgan fingerprint density at radius 2 is 1.97 bits per heavy atom. The summed E-state index contributed by atoms with van der Waals surface area (Å²) in [5, 5.41) is 5.54. The minimum absolute atomic E-state index is 0.143. The van der Waals surface area contributed by atoms with Gasteiger partial charge in [-0.25, -0.2) is 8.78 Å². The predicted molar refractivity (Wildman–Crippen MR) is 110 cm³/mol. The number of anilines is 3. The van der Waals surface area contributed by atoms with E-state index in [1.807, 2.05) is 4.90 Å². The number of esters is 1. The molecule has 0 unspecified atom stereocenters. The number of piperidine rings is 1. The van der Waals surface area contributed by atoms with Crippen molar-refractivity contribution in [1.29, 1.82) is 0 Å². The van der Waals surface area contributed by atoms with Gasteiger partial charge in [0.15, 0.2) is 0 Å². The van der Waals surface area contributed by atoms with Gasteiger partial charge in [-0.15, -0.1) is 0 Å². The number of nitrogens with one attached hydrogen (secondary N) is 2. The molecule has 2 aromatic rings. The first kappa shape index (κ1) is 19.9. The average Bonchev–Trinajstić information content (AvgIpc) is 3.05. The molecule has 0 atom stereocenters. The maximum atomic E-state index is 14.7. The Kier molecular flexibility index (Phi) is 5.39. The van der Waals surface area contributed by atoms with Crippen molar-refractivity contribution < 1.29 is 23.1 Å². The lowest BCUT2D eigenvalue weighted by Gasteiger charge is -2.32. The summed E-state index contributed by atoms with van der Waals surface area (Å²) in [6.45, 7) is 1.14. The molecule has 0 aliphatic carbocycles. The fourth-order valence-electron chi connectivity index (χ4n) is 3.84. The van der Waals surface area contributed by atoms with Gasteiger partial charge in [0.2, 0.25) is 0 Å². The molecule has 30 heavy (non-hydrogen) atoms. The third kappa shape index (κ3) is 3.85. The Morgan fingerprint density at radius 1 is 1.20 bits per heavy atom. The second kappa shape index (κ2) is 8.14. The number of rotatable bonds is 4. The van der Waals surface area contributed by atoms with Gasteiger partial charge in [-0.2, -0.15) is 0 Å². The van der Waals surface area contributed by atoms with Gasteiger partial charge in [-0.05, 0) is 49.2 Å². The number of halogens is 2. The van der Waals surface area contributed by atoms with Gasteiger partial charge in [0.1, 0.15) is 11.6 Å². The van der Waals surface area contributed by atoms with Crippen molar-refractivity contribution in [1.82, 2.24) is 0 Å². The van der Waals surface area contributed by atoms with Gasteiger partial charge in [0.05, 0.1) is 30.0 Å². The van der Waals surface area contributed by atoms with Crippen LogP contribution in [0.1, 0.15) is 18.4 Å². The van der Waals surface area contributed by atoms with Crippen LogP contribution in [0.3, 0.4) is 0 Å². The van der Waals surface area contributed by atoms with Crippen LogP contribution in [0.15, 0.2) is 42.6 Å². The molecule has 2 aromatic carbocycles. The summed E-state index contributed by atoms with van der Waals surface area (Å²) >= 11 is 0. The quantitative estimate of drug-likeness (QED) is 0.590. The van der Waals surface area contributed by atoms with Crippen molar-refractivity contribution in [3.05, 3.63) is 59.8 Å². The van der Waals surface area contributed by atoms with Crippen LogP contribution in [0, 0.1) is 17.6 Å². The Morgan fingerprint density at radius 3 is 2.67 bits per heavy atom. The van der Waals surface area contributed by atoms with Crippen LogP contribution in [0.25, 0.3) is 5.57 Å². The molecule has 156 valence electrons. The van der Waals surface area contributed by atoms with Crippen molar-refractivity contribution in [2.24, 2.45) is 5.92 Å². The van der Waals surface area contributed by atoms with Crippen molar-refractivity contribution >= 4 is 34.5 Å². The molecule has 2 heterocycles. The third-order valence-electron chi connectivity index (χ3n) is 5.47. The number of ether oxygens (including phenoxy) is 1. The molecular formula is C22H21F2N3O3. The number of hydrogen-bond acceptors (Lipinski definition) is 5. The number of carbonyl (C=O) groups is 2. The van der Waals surface area contributed by atoms with Crippen LogP contribution in [0.5, 0.6) is 0 Å². The van der Waals surface area contributed by atoms with E-state index in [1.54, 1.807) is 12.1 Å². The second-order valence-corrected chi connectivity index (χ2v) is 7.30. The molecule has 0 aromatic heterocycles. The average molecular weight is 413 g/mol. The fourth-order valence-corrected chi connectivity index (χ4v) is 3.84. The maximum Gasteiger partial charge on any atom is 0.308 e. The largest absolute Gasteiger partial charge is 0.469 e. The number of carbonyl (C=O) groups excluding carboxylic acids is 2. The Bertz CT molecular complexity index is 1030. The summed E-state index contributed by atoms with van der Waals surface area (Å²) in [5.41, 5.74) is 2.29. The molecule has 1 saturated heterocycles. The van der Waals surface area contributed by atoms with Crippen molar-refractivity contribution in [2.75, 3.05) is 35.7 Å². The Hall–Kier alpha value is -3.42. The molecule has 0 spiro atoms. The summed E-state index contributed by atoms with van der Waals surface area (Å²) in [6.07, 6.45) is 2.72. The molecule has 8 heteroatoms. The topological polar surface area (TPSA) is 70.7 Å². The van der Waals surface area contributed by atoms with Gasteiger partial charge in [-0.1, -0.05) is 0 Å². The molecular weight excluding hydrogens is 392 g/mol. The molecule has 2 aliphatic rings. The summed E-state index contributed by atoms with van der Waals surface area (Å²) in [7, 11) is 1.38. The van der Waals surface area contributed by atoms with Crippen molar-refractivity contribution in [3.8, 4) is 0 Å². The van der Waals surface area contributed by atoms with Gasteiger partial charge in [0, 0.05) is 30.5 Å². The van der Waals surface area contributed by atoms with Gasteiger partial charge >= 0.3 is 5.97 Å². The zero-order valence-electron chi connectivity index (χ0n) is 16.4. The van der Waals surface area contributed by atoms with Gasteiger partial charge in [-0.3, -0.25) is 9.59 Å². The first-order valence-electron chi connectivity index (χ1n) is 9.66. The van der Waals surface area contributed by atoms with E-state index in [-0.39, 0.29) is 17.8 Å². The van der Waals surface area contributed by atoms with Crippen LogP contribution in [0.2, 0.25) is 0 Å². The second-order valence-electron chi connectivity index (χ2n) is 7.30. The molecule has 0 saturated carbocycles. The lowest BCUT2D eigenvalue weighted by molar-refractivity contribution is -0.146. The monoisotopic (exact) mass is 413 g/mol. The molecule has 6 nitrogen and oxygen atoms in total. The van der Waals surface area contributed by atoms with Crippen LogP contribution in [-0.2, 0) is 14.3 Å². The van der Waals surface area contributed by atoms with Gasteiger partial charge < -0.3 is 20.3 Å². The van der Waals surface area contributed by atoms with Crippen LogP contribution in [0.4, 0.5) is 25.8 Å². The highest BCUT2D eigenvalue weighted by molar-refractivity contribution is 6.31. The zero-order valence-corrected chi connectivity index (χ0v) is 16.4. The standard InChI is InChI=1S/C22H21F2N3O3/c1-30-22(29)13-6-8-27(9-7-13)20-5-3-15(11-18(20)24)25-12-17-16-4-2-14(23)10-19(16)26-21(17)28/h2-5,10-13,25H,6-9H2,1H3,(H,26,28)/b17-12-. The minimum atomic E-state index is -0.434. The normalized spacial score (nSPS) is 17.6. The third-order valence-corrected chi connectivity index (χ3v) is 5.47. The number of nitrogens with zero attached hydrogens (tertiary/aromatic N) is 1. The molecule has 2 aliphatic heterocycles. The molecule has 0 bridgehead atoms. The first-order chi connectivity index (χ1) is 14.5. The van der Waals surface area contributed by atoms with E-state index in [0.29, 0.717) is 54.1 Å². The smallest absolute Gasteiger partial charge is 0.308 e. The summed E-state index contributed by atoms with van der Waals surface area (Å²) in [6, 6.07) is 8.82.